The number of halogens is 1. The second kappa shape index (κ2) is 9.05. The molecule has 2 saturated carbocycles. The molecule has 3 aromatic rings. The van der Waals surface area contributed by atoms with Crippen LogP contribution in [0.2, 0.25) is 0 Å². The van der Waals surface area contributed by atoms with Crippen LogP contribution in [0.4, 0.5) is 21.7 Å². The van der Waals surface area contributed by atoms with Crippen molar-refractivity contribution in [3.8, 4) is 0 Å². The average Bonchev–Trinajstić information content (AvgIpc) is 3.36. The van der Waals surface area contributed by atoms with E-state index in [1.54, 1.807) is 37.1 Å². The van der Waals surface area contributed by atoms with E-state index in [2.05, 4.69) is 26.0 Å². The summed E-state index contributed by atoms with van der Waals surface area (Å²) in [6.45, 7) is 0. The maximum absolute atomic E-state index is 13.3. The van der Waals surface area contributed by atoms with Crippen molar-refractivity contribution in [2.75, 3.05) is 24.8 Å². The van der Waals surface area contributed by atoms with Crippen LogP contribution in [0.25, 0.3) is 5.65 Å². The maximum atomic E-state index is 13.3. The van der Waals surface area contributed by atoms with Crippen LogP contribution >= 0.6 is 0 Å². The van der Waals surface area contributed by atoms with E-state index in [-0.39, 0.29) is 23.3 Å². The SMILES string of the molecule is CNc1cc(Nc2cccn([C@H]3CCC[C@H](OC)C3)c2=O)nc2c(C(=O)N[C@@H]3CC3F)cnn12. The second-order valence-electron chi connectivity index (χ2n) is 8.84. The molecule has 2 fully saturated rings. The Balaban J connectivity index is 1.45. The van der Waals surface area contributed by atoms with Crippen molar-refractivity contribution in [2.45, 2.75) is 56.5 Å². The third-order valence-corrected chi connectivity index (χ3v) is 6.56. The highest BCUT2D eigenvalue weighted by molar-refractivity contribution is 6.00. The number of hydrogen-bond donors (Lipinski definition) is 3. The molecule has 1 amide bonds. The number of carbonyl (C=O) groups is 1. The van der Waals surface area contributed by atoms with E-state index >= 15 is 0 Å². The van der Waals surface area contributed by atoms with Crippen LogP contribution in [0.3, 0.4) is 0 Å². The van der Waals surface area contributed by atoms with Gasteiger partial charge in [0.05, 0.1) is 18.3 Å². The molecule has 3 aromatic heterocycles. The molecule has 10 nitrogen and oxygen atoms in total. The summed E-state index contributed by atoms with van der Waals surface area (Å²) < 4.78 is 22.0. The predicted molar refractivity (Wildman–Crippen MR) is 126 cm³/mol. The summed E-state index contributed by atoms with van der Waals surface area (Å²) in [5.41, 5.74) is 0.766. The van der Waals surface area contributed by atoms with Gasteiger partial charge >= 0.3 is 0 Å². The van der Waals surface area contributed by atoms with Crippen LogP contribution in [0.15, 0.2) is 35.4 Å². The summed E-state index contributed by atoms with van der Waals surface area (Å²) in [4.78, 5) is 30.4. The Labute approximate surface area is 195 Å². The monoisotopic (exact) mass is 469 g/mol. The number of amides is 1. The molecule has 2 aliphatic rings. The topological polar surface area (TPSA) is 115 Å². The van der Waals surface area contributed by atoms with Gasteiger partial charge in [-0.05, 0) is 37.8 Å². The Morgan fingerprint density at radius 1 is 1.29 bits per heavy atom. The lowest BCUT2D eigenvalue weighted by Gasteiger charge is -2.29. The van der Waals surface area contributed by atoms with Crippen molar-refractivity contribution >= 4 is 28.9 Å². The standard InChI is InChI=1S/C23H28FN7O3/c1-25-20-11-19(29-21-15(12-26-31(20)21)22(32)28-18-10-16(18)24)27-17-7-4-8-30(23(17)33)13-5-3-6-14(9-13)34-2/h4,7-8,11-14,16,18,25H,3,5-6,9-10H2,1-2H3,(H,27,29)(H,28,32)/t13-,14-,16?,18+/m0/s1. The van der Waals surface area contributed by atoms with Crippen molar-refractivity contribution in [1.82, 2.24) is 24.5 Å². The summed E-state index contributed by atoms with van der Waals surface area (Å²) in [5, 5.41) is 13.0. The average molecular weight is 470 g/mol. The van der Waals surface area contributed by atoms with E-state index in [1.165, 1.54) is 10.7 Å². The Morgan fingerprint density at radius 3 is 2.85 bits per heavy atom. The molecule has 0 radical (unpaired) electrons. The molecule has 3 heterocycles. The zero-order chi connectivity index (χ0) is 23.8. The summed E-state index contributed by atoms with van der Waals surface area (Å²) in [5.74, 6) is 0.529. The van der Waals surface area contributed by atoms with Gasteiger partial charge in [-0.1, -0.05) is 0 Å². The zero-order valence-corrected chi connectivity index (χ0v) is 19.1. The zero-order valence-electron chi connectivity index (χ0n) is 19.1. The highest BCUT2D eigenvalue weighted by Crippen LogP contribution is 2.30. The van der Waals surface area contributed by atoms with Gasteiger partial charge in [-0.25, -0.2) is 9.37 Å². The van der Waals surface area contributed by atoms with Gasteiger partial charge in [0.1, 0.15) is 29.1 Å². The maximum Gasteiger partial charge on any atom is 0.274 e. The van der Waals surface area contributed by atoms with Crippen LogP contribution in [0.5, 0.6) is 0 Å². The normalized spacial score (nSPS) is 24.1. The number of alkyl halides is 1. The first-order chi connectivity index (χ1) is 16.5. The number of nitrogens with one attached hydrogen (secondary N) is 3. The van der Waals surface area contributed by atoms with Gasteiger partial charge in [-0.2, -0.15) is 9.61 Å². The number of pyridine rings is 1. The van der Waals surface area contributed by atoms with E-state index in [0.717, 1.165) is 25.7 Å². The molecule has 34 heavy (non-hydrogen) atoms. The van der Waals surface area contributed by atoms with E-state index < -0.39 is 18.1 Å². The van der Waals surface area contributed by atoms with Gasteiger partial charge in [0, 0.05) is 38.9 Å². The van der Waals surface area contributed by atoms with Crippen molar-refractivity contribution in [3.05, 3.63) is 46.5 Å². The number of ether oxygens (including phenoxy) is 1. The molecule has 180 valence electrons. The molecule has 11 heteroatoms. The number of anilines is 3. The van der Waals surface area contributed by atoms with Gasteiger partial charge in [0.2, 0.25) is 0 Å². The van der Waals surface area contributed by atoms with Gasteiger partial charge in [-0.15, -0.1) is 0 Å². The number of hydrogen-bond acceptors (Lipinski definition) is 7. The lowest BCUT2D eigenvalue weighted by molar-refractivity contribution is 0.0525. The number of carbonyl (C=O) groups excluding carboxylic acids is 1. The molecule has 1 unspecified atom stereocenters. The number of aromatic nitrogens is 4. The minimum Gasteiger partial charge on any atom is -0.381 e. The Kier molecular flexibility index (Phi) is 5.94. The van der Waals surface area contributed by atoms with Gasteiger partial charge < -0.3 is 25.3 Å². The first kappa shape index (κ1) is 22.3. The number of fused-ring (bicyclic) bond motifs is 1. The highest BCUT2D eigenvalue weighted by atomic mass is 19.1. The van der Waals surface area contributed by atoms with Gasteiger partial charge in [0.15, 0.2) is 5.65 Å². The molecule has 0 bridgehead atoms. The largest absolute Gasteiger partial charge is 0.381 e. The fraction of sp³-hybridized carbons (Fsp3) is 0.478. The molecule has 3 N–H and O–H groups in total. The highest BCUT2D eigenvalue weighted by Gasteiger charge is 2.39. The van der Waals surface area contributed by atoms with E-state index in [0.29, 0.717) is 29.4 Å². The summed E-state index contributed by atoms with van der Waals surface area (Å²) in [6.07, 6.45) is 6.41. The minimum atomic E-state index is -1.01. The molecule has 0 spiro atoms. The predicted octanol–water partition coefficient (Wildman–Crippen LogP) is 2.65. The molecule has 0 aromatic carbocycles. The van der Waals surface area contributed by atoms with Gasteiger partial charge in [-0.3, -0.25) is 9.59 Å². The quantitative estimate of drug-likeness (QED) is 0.487. The van der Waals surface area contributed by atoms with E-state index in [1.807, 2.05) is 6.07 Å². The third kappa shape index (κ3) is 4.23. The summed E-state index contributed by atoms with van der Waals surface area (Å²) >= 11 is 0. The van der Waals surface area contributed by atoms with E-state index in [4.69, 9.17) is 4.74 Å². The fourth-order valence-electron chi connectivity index (χ4n) is 4.54. The van der Waals surface area contributed by atoms with E-state index in [9.17, 15) is 14.0 Å². The summed E-state index contributed by atoms with van der Waals surface area (Å²) in [6, 6.07) is 4.85. The van der Waals surface area contributed by atoms with Crippen LogP contribution in [-0.2, 0) is 4.74 Å². The molecular weight excluding hydrogens is 441 g/mol. The molecule has 2 aliphatic carbocycles. The number of nitrogens with zero attached hydrogens (tertiary/aromatic N) is 4. The van der Waals surface area contributed by atoms with Crippen LogP contribution in [0, 0.1) is 0 Å². The number of methoxy groups -OCH3 is 1. The third-order valence-electron chi connectivity index (χ3n) is 6.56. The first-order valence-electron chi connectivity index (χ1n) is 11.5. The Morgan fingerprint density at radius 2 is 2.12 bits per heavy atom. The van der Waals surface area contributed by atoms with Crippen LogP contribution in [-0.4, -0.2) is 57.5 Å². The molecular formula is C23H28FN7O3. The lowest BCUT2D eigenvalue weighted by atomic mass is 9.92. The fourth-order valence-corrected chi connectivity index (χ4v) is 4.54. The molecule has 0 saturated heterocycles. The Hall–Kier alpha value is -3.47. The van der Waals surface area contributed by atoms with Crippen molar-refractivity contribution in [2.24, 2.45) is 0 Å². The van der Waals surface area contributed by atoms with Gasteiger partial charge in [0.25, 0.3) is 11.5 Å². The summed E-state index contributed by atoms with van der Waals surface area (Å²) in [7, 11) is 3.43. The smallest absolute Gasteiger partial charge is 0.274 e. The molecule has 5 rings (SSSR count). The minimum absolute atomic E-state index is 0.0724. The molecule has 0 aliphatic heterocycles. The Bertz CT molecular complexity index is 1270. The van der Waals surface area contributed by atoms with Crippen molar-refractivity contribution < 1.29 is 13.9 Å². The van der Waals surface area contributed by atoms with Crippen LogP contribution in [0.1, 0.15) is 48.5 Å². The van der Waals surface area contributed by atoms with Crippen molar-refractivity contribution in [3.63, 3.8) is 0 Å². The number of rotatable bonds is 7. The first-order valence-corrected chi connectivity index (χ1v) is 11.5. The van der Waals surface area contributed by atoms with Crippen LogP contribution < -0.4 is 21.5 Å². The second-order valence-corrected chi connectivity index (χ2v) is 8.84. The molecule has 4 atom stereocenters. The van der Waals surface area contributed by atoms with Crippen molar-refractivity contribution in [1.29, 1.82) is 0 Å². The lowest BCUT2D eigenvalue weighted by Crippen LogP contribution is -2.31.